The van der Waals surface area contributed by atoms with Gasteiger partial charge in [-0.05, 0) is 31.2 Å². The van der Waals surface area contributed by atoms with Crippen molar-refractivity contribution in [2.45, 2.75) is 31.8 Å². The van der Waals surface area contributed by atoms with Crippen LogP contribution in [-0.2, 0) is 6.54 Å². The molecular formula is C18H21N3O2. The Balaban J connectivity index is 1.40. The van der Waals surface area contributed by atoms with E-state index in [-0.39, 0.29) is 11.4 Å². The fraction of sp³-hybridized carbons (Fsp3) is 0.444. The average molecular weight is 311 g/mol. The number of carbonyl (C=O) groups excluding carboxylic acids is 1. The van der Waals surface area contributed by atoms with Crippen LogP contribution in [0.3, 0.4) is 0 Å². The summed E-state index contributed by atoms with van der Waals surface area (Å²) >= 11 is 0. The third-order valence-electron chi connectivity index (χ3n) is 5.14. The van der Waals surface area contributed by atoms with Crippen LogP contribution in [0, 0.1) is 12.8 Å². The van der Waals surface area contributed by atoms with Crippen molar-refractivity contribution in [3.63, 3.8) is 0 Å². The quantitative estimate of drug-likeness (QED) is 0.921. The Morgan fingerprint density at radius 3 is 2.87 bits per heavy atom. The lowest BCUT2D eigenvalue weighted by Gasteiger charge is -2.42. The van der Waals surface area contributed by atoms with Crippen LogP contribution in [0.15, 0.2) is 40.9 Å². The highest BCUT2D eigenvalue weighted by Gasteiger charge is 2.55. The summed E-state index contributed by atoms with van der Waals surface area (Å²) in [6, 6.07) is 12.2. The average Bonchev–Trinajstić information content (AvgIpc) is 3.18. The number of amides is 1. The minimum atomic E-state index is -0.147. The smallest absolute Gasteiger partial charge is 0.273 e. The summed E-state index contributed by atoms with van der Waals surface area (Å²) in [4.78, 5) is 14.7. The second kappa shape index (κ2) is 5.49. The molecule has 2 aromatic rings. The van der Waals surface area contributed by atoms with Crippen molar-refractivity contribution in [2.75, 3.05) is 13.1 Å². The van der Waals surface area contributed by atoms with Gasteiger partial charge in [0.1, 0.15) is 5.76 Å². The Labute approximate surface area is 135 Å². The van der Waals surface area contributed by atoms with Gasteiger partial charge in [-0.15, -0.1) is 0 Å². The predicted molar refractivity (Wildman–Crippen MR) is 85.9 cm³/mol. The van der Waals surface area contributed by atoms with E-state index in [1.807, 2.05) is 6.07 Å². The van der Waals surface area contributed by atoms with Crippen molar-refractivity contribution in [1.29, 1.82) is 0 Å². The zero-order chi connectivity index (χ0) is 15.9. The molecule has 1 aliphatic carbocycles. The van der Waals surface area contributed by atoms with Gasteiger partial charge in [0.05, 0.1) is 0 Å². The molecule has 3 heterocycles. The SMILES string of the molecule is Cc1cc(C(=O)NCC23CC(CN2Cc2ccccc2)C3)no1. The Kier molecular flexibility index (Phi) is 3.45. The summed E-state index contributed by atoms with van der Waals surface area (Å²) in [5, 5.41) is 6.83. The van der Waals surface area contributed by atoms with Crippen molar-refractivity contribution in [3.05, 3.63) is 53.4 Å². The van der Waals surface area contributed by atoms with Crippen LogP contribution in [0.5, 0.6) is 0 Å². The molecule has 120 valence electrons. The molecule has 5 heteroatoms. The molecule has 23 heavy (non-hydrogen) atoms. The molecule has 5 nitrogen and oxygen atoms in total. The highest BCUT2D eigenvalue weighted by Crippen LogP contribution is 2.50. The summed E-state index contributed by atoms with van der Waals surface area (Å²) in [7, 11) is 0. The molecule has 3 fully saturated rings. The standard InChI is InChI=1S/C18H21N3O2/c1-13-7-16(20-23-13)17(22)19-12-18-8-15(9-18)11-21(18)10-14-5-3-2-4-6-14/h2-7,15H,8-12H2,1H3,(H,19,22). The lowest BCUT2D eigenvalue weighted by molar-refractivity contribution is 0.0792. The molecule has 0 atom stereocenters. The zero-order valence-electron chi connectivity index (χ0n) is 13.3. The largest absolute Gasteiger partial charge is 0.361 e. The van der Waals surface area contributed by atoms with E-state index in [2.05, 4.69) is 39.6 Å². The van der Waals surface area contributed by atoms with Crippen molar-refractivity contribution < 1.29 is 9.32 Å². The Morgan fingerprint density at radius 2 is 2.17 bits per heavy atom. The van der Waals surface area contributed by atoms with Gasteiger partial charge in [0.25, 0.3) is 5.91 Å². The van der Waals surface area contributed by atoms with Gasteiger partial charge in [-0.3, -0.25) is 9.69 Å². The van der Waals surface area contributed by atoms with E-state index >= 15 is 0 Å². The normalized spacial score (nSPS) is 26.0. The topological polar surface area (TPSA) is 58.4 Å². The van der Waals surface area contributed by atoms with E-state index in [0.717, 1.165) is 19.0 Å². The Hall–Kier alpha value is -2.14. The minimum absolute atomic E-state index is 0.120. The summed E-state index contributed by atoms with van der Waals surface area (Å²) in [5.74, 6) is 1.29. The number of hydrogen-bond donors (Lipinski definition) is 1. The highest BCUT2D eigenvalue weighted by molar-refractivity contribution is 5.92. The van der Waals surface area contributed by atoms with E-state index in [9.17, 15) is 4.79 Å². The van der Waals surface area contributed by atoms with Gasteiger partial charge >= 0.3 is 0 Å². The van der Waals surface area contributed by atoms with Gasteiger partial charge in [-0.2, -0.15) is 0 Å². The van der Waals surface area contributed by atoms with Gasteiger partial charge in [-0.25, -0.2) is 0 Å². The van der Waals surface area contributed by atoms with Crippen molar-refractivity contribution in [2.24, 2.45) is 5.92 Å². The second-order valence-corrected chi connectivity index (χ2v) is 6.87. The monoisotopic (exact) mass is 311 g/mol. The van der Waals surface area contributed by atoms with Crippen molar-refractivity contribution in [3.8, 4) is 0 Å². The summed E-state index contributed by atoms with van der Waals surface area (Å²) in [6.45, 7) is 4.56. The van der Waals surface area contributed by atoms with E-state index < -0.39 is 0 Å². The number of nitrogens with zero attached hydrogens (tertiary/aromatic N) is 2. The molecule has 5 rings (SSSR count). The van der Waals surface area contributed by atoms with Crippen molar-refractivity contribution in [1.82, 2.24) is 15.4 Å². The van der Waals surface area contributed by atoms with Crippen LogP contribution in [0.2, 0.25) is 0 Å². The predicted octanol–water partition coefficient (Wildman–Crippen LogP) is 2.38. The van der Waals surface area contributed by atoms with Crippen LogP contribution in [0.1, 0.15) is 34.7 Å². The van der Waals surface area contributed by atoms with Crippen LogP contribution in [0.25, 0.3) is 0 Å². The number of hydrogen-bond acceptors (Lipinski definition) is 4. The zero-order valence-corrected chi connectivity index (χ0v) is 13.3. The lowest BCUT2D eigenvalue weighted by atomic mass is 9.73. The van der Waals surface area contributed by atoms with Gasteiger partial charge in [0.15, 0.2) is 5.69 Å². The third-order valence-corrected chi connectivity index (χ3v) is 5.14. The summed E-state index contributed by atoms with van der Waals surface area (Å²) in [5.41, 5.74) is 1.81. The van der Waals surface area contributed by atoms with Crippen LogP contribution in [0.4, 0.5) is 0 Å². The molecule has 3 aliphatic rings. The van der Waals surface area contributed by atoms with E-state index in [4.69, 9.17) is 4.52 Å². The minimum Gasteiger partial charge on any atom is -0.361 e. The molecule has 2 bridgehead atoms. The number of fused-ring (bicyclic) bond motifs is 1. The first kappa shape index (κ1) is 14.5. The van der Waals surface area contributed by atoms with E-state index in [1.165, 1.54) is 18.4 Å². The van der Waals surface area contributed by atoms with Gasteiger partial charge in [0.2, 0.25) is 0 Å². The number of carbonyl (C=O) groups is 1. The number of aromatic nitrogens is 1. The molecule has 2 saturated heterocycles. The third kappa shape index (κ3) is 2.65. The number of aryl methyl sites for hydroxylation is 1. The number of rotatable bonds is 5. The van der Waals surface area contributed by atoms with Crippen molar-refractivity contribution >= 4 is 5.91 Å². The fourth-order valence-corrected chi connectivity index (χ4v) is 4.01. The Morgan fingerprint density at radius 1 is 1.39 bits per heavy atom. The maximum absolute atomic E-state index is 12.2. The highest BCUT2D eigenvalue weighted by atomic mass is 16.5. The summed E-state index contributed by atoms with van der Waals surface area (Å²) in [6.07, 6.45) is 2.36. The van der Waals surface area contributed by atoms with Crippen LogP contribution < -0.4 is 5.32 Å². The van der Waals surface area contributed by atoms with Crippen LogP contribution >= 0.6 is 0 Å². The van der Waals surface area contributed by atoms with E-state index in [0.29, 0.717) is 18.0 Å². The first-order valence-corrected chi connectivity index (χ1v) is 8.15. The van der Waals surface area contributed by atoms with Gasteiger partial charge in [0, 0.05) is 31.2 Å². The summed E-state index contributed by atoms with van der Waals surface area (Å²) < 4.78 is 4.97. The van der Waals surface area contributed by atoms with Crippen LogP contribution in [-0.4, -0.2) is 34.6 Å². The first-order valence-electron chi connectivity index (χ1n) is 8.15. The first-order chi connectivity index (χ1) is 11.1. The molecule has 1 N–H and O–H groups in total. The molecular weight excluding hydrogens is 290 g/mol. The molecule has 1 aromatic heterocycles. The maximum atomic E-state index is 12.2. The van der Waals surface area contributed by atoms with Gasteiger partial charge in [-0.1, -0.05) is 35.5 Å². The molecule has 1 saturated carbocycles. The lowest BCUT2D eigenvalue weighted by Crippen LogP contribution is -2.53. The Bertz CT molecular complexity index is 704. The fourth-order valence-electron chi connectivity index (χ4n) is 4.01. The number of benzene rings is 1. The number of nitrogens with one attached hydrogen (secondary N) is 1. The van der Waals surface area contributed by atoms with Gasteiger partial charge < -0.3 is 9.84 Å². The maximum Gasteiger partial charge on any atom is 0.273 e. The molecule has 0 spiro atoms. The molecule has 0 radical (unpaired) electrons. The molecule has 2 aliphatic heterocycles. The molecule has 0 unspecified atom stereocenters. The second-order valence-electron chi connectivity index (χ2n) is 6.87. The van der Waals surface area contributed by atoms with E-state index in [1.54, 1.807) is 13.0 Å². The molecule has 1 amide bonds. The molecule has 1 aromatic carbocycles.